The molecule has 0 spiro atoms. The average Bonchev–Trinajstić information content (AvgIpc) is 2.45. The molecule has 1 heterocycles. The summed E-state index contributed by atoms with van der Waals surface area (Å²) in [6, 6.07) is -0.0713. The molecule has 4 nitrogen and oxygen atoms in total. The lowest BCUT2D eigenvalue weighted by Gasteiger charge is -2.36. The summed E-state index contributed by atoms with van der Waals surface area (Å²) in [5.74, 6) is 0. The van der Waals surface area contributed by atoms with E-state index in [9.17, 15) is 15.3 Å². The fraction of sp³-hybridized carbons (Fsp3) is 1.00. The minimum atomic E-state index is -1.00. The Morgan fingerprint density at radius 2 is 1.35 bits per heavy atom. The zero-order chi connectivity index (χ0) is 14.8. The quantitative estimate of drug-likeness (QED) is 0.464. The second-order valence-corrected chi connectivity index (χ2v) is 6.18. The molecule has 0 aromatic heterocycles. The standard InChI is InChI=1S/C16H33NO3/c1-2-3-4-5-6-7-8-9-10-11-13-15(19)16(20)14(18)12-17-13/h13-20H,2-12H2,1H3/t13-,14-,15-,16-/m1/s1. The van der Waals surface area contributed by atoms with Gasteiger partial charge in [-0.15, -0.1) is 0 Å². The Morgan fingerprint density at radius 1 is 0.800 bits per heavy atom. The molecule has 0 saturated carbocycles. The van der Waals surface area contributed by atoms with E-state index in [4.69, 9.17) is 0 Å². The second kappa shape index (κ2) is 10.6. The minimum absolute atomic E-state index is 0.0713. The molecule has 4 atom stereocenters. The Hall–Kier alpha value is -0.160. The van der Waals surface area contributed by atoms with Crippen LogP contribution in [0, 0.1) is 0 Å². The van der Waals surface area contributed by atoms with E-state index >= 15 is 0 Å². The number of nitrogens with one attached hydrogen (secondary N) is 1. The molecular weight excluding hydrogens is 254 g/mol. The van der Waals surface area contributed by atoms with Crippen molar-refractivity contribution in [2.24, 2.45) is 0 Å². The van der Waals surface area contributed by atoms with Gasteiger partial charge < -0.3 is 20.6 Å². The van der Waals surface area contributed by atoms with Crippen LogP contribution in [0.5, 0.6) is 0 Å². The molecule has 4 heteroatoms. The first-order valence-corrected chi connectivity index (χ1v) is 8.44. The van der Waals surface area contributed by atoms with Crippen molar-refractivity contribution in [3.63, 3.8) is 0 Å². The number of hydrogen-bond donors (Lipinski definition) is 4. The van der Waals surface area contributed by atoms with Crippen LogP contribution in [-0.4, -0.2) is 46.2 Å². The number of hydrogen-bond acceptors (Lipinski definition) is 4. The SMILES string of the molecule is CCCCCCCCCCC[C@H]1NC[C@@H](O)[C@@H](O)[C@@H]1O. The number of aliphatic hydroxyl groups is 3. The van der Waals surface area contributed by atoms with Gasteiger partial charge in [-0.3, -0.25) is 0 Å². The van der Waals surface area contributed by atoms with Gasteiger partial charge >= 0.3 is 0 Å². The molecule has 0 aromatic rings. The summed E-state index contributed by atoms with van der Waals surface area (Å²) in [5.41, 5.74) is 0. The molecular formula is C16H33NO3. The Morgan fingerprint density at radius 3 is 1.95 bits per heavy atom. The molecule has 20 heavy (non-hydrogen) atoms. The molecule has 120 valence electrons. The van der Waals surface area contributed by atoms with Crippen LogP contribution >= 0.6 is 0 Å². The van der Waals surface area contributed by atoms with Crippen LogP contribution in [0.4, 0.5) is 0 Å². The summed E-state index contributed by atoms with van der Waals surface area (Å²) in [4.78, 5) is 0. The lowest BCUT2D eigenvalue weighted by Crippen LogP contribution is -2.59. The lowest BCUT2D eigenvalue weighted by molar-refractivity contribution is -0.0952. The van der Waals surface area contributed by atoms with Crippen LogP contribution in [-0.2, 0) is 0 Å². The van der Waals surface area contributed by atoms with Crippen molar-refractivity contribution in [2.75, 3.05) is 6.54 Å². The van der Waals surface area contributed by atoms with Crippen LogP contribution in [0.25, 0.3) is 0 Å². The summed E-state index contributed by atoms with van der Waals surface area (Å²) in [7, 11) is 0. The highest BCUT2D eigenvalue weighted by Gasteiger charge is 2.35. The van der Waals surface area contributed by atoms with Gasteiger partial charge in [-0.2, -0.15) is 0 Å². The summed E-state index contributed by atoms with van der Waals surface area (Å²) in [6.45, 7) is 2.62. The van der Waals surface area contributed by atoms with E-state index in [-0.39, 0.29) is 6.04 Å². The average molecular weight is 287 g/mol. The van der Waals surface area contributed by atoms with Crippen molar-refractivity contribution in [3.8, 4) is 0 Å². The van der Waals surface area contributed by atoms with Crippen molar-refractivity contribution >= 4 is 0 Å². The molecule has 0 aliphatic carbocycles. The van der Waals surface area contributed by atoms with E-state index in [1.807, 2.05) is 0 Å². The first-order valence-electron chi connectivity index (χ1n) is 8.44. The molecule has 0 bridgehead atoms. The fourth-order valence-electron chi connectivity index (χ4n) is 2.93. The smallest absolute Gasteiger partial charge is 0.108 e. The van der Waals surface area contributed by atoms with E-state index in [2.05, 4.69) is 12.2 Å². The van der Waals surface area contributed by atoms with Gasteiger partial charge in [0.2, 0.25) is 0 Å². The zero-order valence-electron chi connectivity index (χ0n) is 12.9. The van der Waals surface area contributed by atoms with Gasteiger partial charge in [0.1, 0.15) is 6.10 Å². The topological polar surface area (TPSA) is 72.7 Å². The van der Waals surface area contributed by atoms with Crippen LogP contribution < -0.4 is 5.32 Å². The normalized spacial score (nSPS) is 30.6. The number of β-amino-alcohol motifs (C(OH)–C–C–N with tert-alkyl or cyclic N) is 1. The molecule has 1 aliphatic rings. The Balaban J connectivity index is 1.96. The molecule has 1 rings (SSSR count). The molecule has 1 saturated heterocycles. The fourth-order valence-corrected chi connectivity index (χ4v) is 2.93. The van der Waals surface area contributed by atoms with E-state index in [1.165, 1.54) is 51.4 Å². The van der Waals surface area contributed by atoms with Gasteiger partial charge in [0.25, 0.3) is 0 Å². The largest absolute Gasteiger partial charge is 0.389 e. The lowest BCUT2D eigenvalue weighted by atomic mass is 9.92. The van der Waals surface area contributed by atoms with Gasteiger partial charge in [0.15, 0.2) is 0 Å². The monoisotopic (exact) mass is 287 g/mol. The molecule has 0 unspecified atom stereocenters. The molecule has 0 radical (unpaired) electrons. The van der Waals surface area contributed by atoms with E-state index in [0.717, 1.165) is 12.8 Å². The molecule has 0 aromatic carbocycles. The third-order valence-electron chi connectivity index (χ3n) is 4.36. The predicted molar refractivity (Wildman–Crippen MR) is 81.7 cm³/mol. The van der Waals surface area contributed by atoms with E-state index < -0.39 is 18.3 Å². The summed E-state index contributed by atoms with van der Waals surface area (Å²) in [6.07, 6.45) is 9.77. The summed E-state index contributed by atoms with van der Waals surface area (Å²) < 4.78 is 0. The van der Waals surface area contributed by atoms with Gasteiger partial charge in [-0.25, -0.2) is 0 Å². The number of rotatable bonds is 10. The van der Waals surface area contributed by atoms with Crippen LogP contribution in [0.1, 0.15) is 71.1 Å². The highest BCUT2D eigenvalue weighted by Crippen LogP contribution is 2.17. The van der Waals surface area contributed by atoms with Gasteiger partial charge in [0.05, 0.1) is 12.2 Å². The van der Waals surface area contributed by atoms with Crippen LogP contribution in [0.2, 0.25) is 0 Å². The first-order chi connectivity index (χ1) is 9.66. The predicted octanol–water partition coefficient (Wildman–Crippen LogP) is 1.96. The van der Waals surface area contributed by atoms with Crippen molar-refractivity contribution in [1.29, 1.82) is 0 Å². The Bertz CT molecular complexity index is 238. The third kappa shape index (κ3) is 6.53. The van der Waals surface area contributed by atoms with Crippen molar-refractivity contribution in [2.45, 2.75) is 95.5 Å². The maximum atomic E-state index is 9.86. The third-order valence-corrected chi connectivity index (χ3v) is 4.36. The van der Waals surface area contributed by atoms with Crippen molar-refractivity contribution in [1.82, 2.24) is 5.32 Å². The highest BCUT2D eigenvalue weighted by atomic mass is 16.4. The number of aliphatic hydroxyl groups excluding tert-OH is 3. The Kier molecular flexibility index (Phi) is 9.44. The van der Waals surface area contributed by atoms with Gasteiger partial charge in [0, 0.05) is 12.6 Å². The molecule has 1 aliphatic heterocycles. The van der Waals surface area contributed by atoms with E-state index in [0.29, 0.717) is 6.54 Å². The van der Waals surface area contributed by atoms with Crippen molar-refractivity contribution in [3.05, 3.63) is 0 Å². The maximum Gasteiger partial charge on any atom is 0.108 e. The van der Waals surface area contributed by atoms with Gasteiger partial charge in [-0.1, -0.05) is 64.7 Å². The van der Waals surface area contributed by atoms with Gasteiger partial charge in [-0.05, 0) is 6.42 Å². The van der Waals surface area contributed by atoms with Crippen molar-refractivity contribution < 1.29 is 15.3 Å². The minimum Gasteiger partial charge on any atom is -0.389 e. The highest BCUT2D eigenvalue weighted by molar-refractivity contribution is 4.91. The molecule has 0 amide bonds. The molecule has 1 fully saturated rings. The van der Waals surface area contributed by atoms with Crippen LogP contribution in [0.3, 0.4) is 0 Å². The van der Waals surface area contributed by atoms with Crippen LogP contribution in [0.15, 0.2) is 0 Å². The van der Waals surface area contributed by atoms with E-state index in [1.54, 1.807) is 0 Å². The summed E-state index contributed by atoms with van der Waals surface area (Å²) in [5, 5.41) is 32.0. The zero-order valence-corrected chi connectivity index (χ0v) is 12.9. The number of unbranched alkanes of at least 4 members (excludes halogenated alkanes) is 8. The maximum absolute atomic E-state index is 9.86. The Labute approximate surface area is 123 Å². The summed E-state index contributed by atoms with van der Waals surface area (Å²) >= 11 is 0. The number of piperidine rings is 1. The first kappa shape index (κ1) is 17.9. The molecule has 4 N–H and O–H groups in total. The second-order valence-electron chi connectivity index (χ2n) is 6.18.